The summed E-state index contributed by atoms with van der Waals surface area (Å²) in [5.74, 6) is -13.1. The van der Waals surface area contributed by atoms with Gasteiger partial charge in [-0.1, -0.05) is 92.1 Å². The minimum Gasteiger partial charge on any atom is -0.481 e. The molecule has 8 amide bonds. The van der Waals surface area contributed by atoms with Crippen molar-refractivity contribution in [3.63, 3.8) is 0 Å². The number of nitrogens with zero attached hydrogens (tertiary/aromatic N) is 5. The Kier molecular flexibility index (Phi) is 27.3. The fraction of sp³-hybridized carbons (Fsp3) is 0.684. The number of carbonyl (C=O) groups is 12. The number of piperidine rings is 1. The van der Waals surface area contributed by atoms with Crippen molar-refractivity contribution in [2.24, 2.45) is 29.4 Å². The Morgan fingerprint density at radius 1 is 0.646 bits per heavy atom. The van der Waals surface area contributed by atoms with Crippen molar-refractivity contribution < 1.29 is 77.6 Å². The van der Waals surface area contributed by atoms with Crippen LogP contribution in [-0.2, 0) is 68.7 Å². The molecule has 2 fully saturated rings. The van der Waals surface area contributed by atoms with Gasteiger partial charge in [-0.05, 0) is 81.1 Å². The number of nitrogens with one attached hydrogen (secondary N) is 3. The minimum absolute atomic E-state index is 0.0572. The Hall–Kier alpha value is -7.18. The maximum absolute atomic E-state index is 14.8. The van der Waals surface area contributed by atoms with E-state index >= 15 is 0 Å². The first-order chi connectivity index (χ1) is 38.5. The molecule has 1 aromatic carbocycles. The molecule has 458 valence electrons. The highest BCUT2D eigenvalue weighted by Gasteiger charge is 2.44. The van der Waals surface area contributed by atoms with Crippen molar-refractivity contribution in [3.05, 3.63) is 35.9 Å². The van der Waals surface area contributed by atoms with Crippen molar-refractivity contribution in [3.8, 4) is 0 Å². The van der Waals surface area contributed by atoms with E-state index in [0.717, 1.165) is 20.3 Å². The molecule has 0 spiro atoms. The summed E-state index contributed by atoms with van der Waals surface area (Å²) in [6, 6.07) is -0.707. The molecule has 0 aromatic heterocycles. The van der Waals surface area contributed by atoms with Crippen LogP contribution in [0.25, 0.3) is 0 Å². The van der Waals surface area contributed by atoms with Gasteiger partial charge < -0.3 is 66.2 Å². The van der Waals surface area contributed by atoms with Crippen LogP contribution in [0, 0.1) is 23.7 Å². The first kappa shape index (κ1) is 69.1. The highest BCUT2D eigenvalue weighted by Crippen LogP contribution is 2.25. The van der Waals surface area contributed by atoms with E-state index in [1.54, 1.807) is 55.4 Å². The van der Waals surface area contributed by atoms with E-state index in [0.29, 0.717) is 45.1 Å². The van der Waals surface area contributed by atoms with Crippen molar-refractivity contribution in [1.82, 2.24) is 40.4 Å². The molecule has 82 heavy (non-hydrogen) atoms. The minimum atomic E-state index is -1.59. The van der Waals surface area contributed by atoms with Gasteiger partial charge in [-0.15, -0.1) is 0 Å². The fourth-order valence-electron chi connectivity index (χ4n) is 10.3. The van der Waals surface area contributed by atoms with Crippen LogP contribution in [0.1, 0.15) is 132 Å². The Balaban J connectivity index is 1.84. The van der Waals surface area contributed by atoms with Crippen LogP contribution in [0.15, 0.2) is 30.3 Å². The first-order valence-corrected chi connectivity index (χ1v) is 28.4. The van der Waals surface area contributed by atoms with Crippen molar-refractivity contribution in [2.75, 3.05) is 40.8 Å². The number of esters is 1. The molecule has 8 N–H and O–H groups in total. The lowest BCUT2D eigenvalue weighted by Gasteiger charge is -2.40. The van der Waals surface area contributed by atoms with E-state index in [4.69, 9.17) is 10.5 Å². The van der Waals surface area contributed by atoms with Gasteiger partial charge in [0.2, 0.25) is 53.4 Å². The zero-order chi connectivity index (χ0) is 61.9. The summed E-state index contributed by atoms with van der Waals surface area (Å²) in [7, 11) is 3.85. The topological polar surface area (TPSA) is 353 Å². The number of benzene rings is 1. The van der Waals surface area contributed by atoms with Crippen LogP contribution in [-0.4, -0.2) is 206 Å². The van der Waals surface area contributed by atoms with Gasteiger partial charge in [-0.3, -0.25) is 47.9 Å². The molecule has 2 heterocycles. The number of hydrogen-bond acceptors (Lipinski definition) is 14. The van der Waals surface area contributed by atoms with Crippen LogP contribution in [0.3, 0.4) is 0 Å². The van der Waals surface area contributed by atoms with Gasteiger partial charge in [0, 0.05) is 53.0 Å². The molecular weight excluding hydrogens is 1070 g/mol. The number of ether oxygens (including phenoxy) is 1. The van der Waals surface area contributed by atoms with Gasteiger partial charge in [0.15, 0.2) is 0 Å². The largest absolute Gasteiger partial charge is 0.481 e. The Bertz CT molecular complexity index is 2420. The molecule has 25 heteroatoms. The Labute approximate surface area is 480 Å². The number of likely N-dealkylation sites (tertiary alicyclic amines) is 2. The van der Waals surface area contributed by atoms with Gasteiger partial charge in [-0.25, -0.2) is 9.59 Å². The van der Waals surface area contributed by atoms with Crippen LogP contribution in [0.4, 0.5) is 0 Å². The molecular formula is C57H89N9O16. The zero-order valence-electron chi connectivity index (χ0n) is 49.5. The number of aliphatic carboxylic acids is 3. The average Bonchev–Trinajstić information content (AvgIpc) is 4.09. The summed E-state index contributed by atoms with van der Waals surface area (Å²) < 4.78 is 5.35. The van der Waals surface area contributed by atoms with Crippen LogP contribution in [0.2, 0.25) is 0 Å². The van der Waals surface area contributed by atoms with Crippen molar-refractivity contribution >= 4 is 71.1 Å². The van der Waals surface area contributed by atoms with E-state index < -0.39 is 181 Å². The molecule has 1 aromatic rings. The molecule has 2 saturated heterocycles. The quantitative estimate of drug-likeness (QED) is 0.0520. The molecule has 0 saturated carbocycles. The van der Waals surface area contributed by atoms with E-state index in [1.807, 2.05) is 30.3 Å². The third-order valence-corrected chi connectivity index (χ3v) is 15.8. The summed E-state index contributed by atoms with van der Waals surface area (Å²) >= 11 is 0. The second-order valence-electron chi connectivity index (χ2n) is 22.4. The summed E-state index contributed by atoms with van der Waals surface area (Å²) in [4.78, 5) is 168. The SMILES string of the molecule is CCC(C)C(OC(=O)[C@H](CCC(=O)O)N(C)C(=O)[C@@H](NC(=O)[C@@H]1CCCCN1C(=O)[C@@H](NC(=O)[C@H](CCC(=O)O)N(C)C(=O)[C@H](C(C)C)N(C)C(=O)CNC(=O)[C@@H]1CCCN1C(=O)[C@@H](N)Cc1ccccc1)[C@@H](C)CC)C(C)C)C(=O)O. The fourth-order valence-corrected chi connectivity index (χ4v) is 10.3. The van der Waals surface area contributed by atoms with Gasteiger partial charge in [-0.2, -0.15) is 0 Å². The van der Waals surface area contributed by atoms with Gasteiger partial charge in [0.25, 0.3) is 0 Å². The number of rotatable bonds is 31. The molecule has 0 bridgehead atoms. The summed E-state index contributed by atoms with van der Waals surface area (Å²) in [5.41, 5.74) is 7.13. The number of carbonyl (C=O) groups excluding carboxylic acids is 9. The molecule has 2 aliphatic rings. The Morgan fingerprint density at radius 3 is 1.73 bits per heavy atom. The molecule has 2 unspecified atom stereocenters. The van der Waals surface area contributed by atoms with E-state index in [-0.39, 0.29) is 19.4 Å². The predicted molar refractivity (Wildman–Crippen MR) is 299 cm³/mol. The zero-order valence-corrected chi connectivity index (χ0v) is 49.5. The van der Waals surface area contributed by atoms with E-state index in [9.17, 15) is 72.9 Å². The summed E-state index contributed by atoms with van der Waals surface area (Å²) in [5, 5.41) is 37.2. The van der Waals surface area contributed by atoms with Gasteiger partial charge >= 0.3 is 23.9 Å². The normalized spacial score (nSPS) is 18.5. The highest BCUT2D eigenvalue weighted by atomic mass is 16.6. The maximum atomic E-state index is 14.8. The second-order valence-corrected chi connectivity index (χ2v) is 22.4. The standard InChI is InChI=1S/C57H89N9O16/c1-12-34(7)46(54(77)66-28-18-17-22-40(66)51(74)60-45(32(3)4)53(76)63(10)41(25-27-44(70)71)57(81)82-48(56(79)80)35(8)13-2)61-50(73)38(24-26-43(68)69)62(9)55(78)47(33(5)6)64(11)42(67)31-59-49(72)39-23-19-29-65(39)52(75)37(58)30-36-20-15-14-16-21-36/h14-16,20-21,32-35,37-41,45-48H,12-13,17-19,22-31,58H2,1-11H3,(H,59,72)(H,60,74)(H,61,73)(H,68,69)(H,70,71)(H,79,80)/t34-,35?,37-,38-,39-,40-,41-,45-,46-,47-,48?/m0/s1. The lowest BCUT2D eigenvalue weighted by Crippen LogP contribution is -2.63. The van der Waals surface area contributed by atoms with Crippen LogP contribution >= 0.6 is 0 Å². The molecule has 11 atom stereocenters. The number of amides is 8. The van der Waals surface area contributed by atoms with Gasteiger partial charge in [0.1, 0.15) is 42.3 Å². The number of hydrogen-bond donors (Lipinski definition) is 7. The van der Waals surface area contributed by atoms with Crippen molar-refractivity contribution in [1.29, 1.82) is 0 Å². The number of carboxylic acids is 3. The highest BCUT2D eigenvalue weighted by molar-refractivity contribution is 5.98. The number of carboxylic acid groups (broad SMARTS) is 3. The third-order valence-electron chi connectivity index (χ3n) is 15.8. The van der Waals surface area contributed by atoms with E-state index in [2.05, 4.69) is 16.0 Å². The first-order valence-electron chi connectivity index (χ1n) is 28.4. The molecule has 25 nitrogen and oxygen atoms in total. The van der Waals surface area contributed by atoms with Crippen molar-refractivity contribution in [2.45, 2.75) is 187 Å². The second kappa shape index (κ2) is 32.5. The molecule has 0 aliphatic carbocycles. The smallest absolute Gasteiger partial charge is 0.345 e. The Morgan fingerprint density at radius 2 is 1.18 bits per heavy atom. The lowest BCUT2D eigenvalue weighted by atomic mass is 9.93. The van der Waals surface area contributed by atoms with E-state index in [1.165, 1.54) is 30.9 Å². The number of likely N-dealkylation sites (N-methyl/N-ethyl adjacent to an activating group) is 3. The summed E-state index contributed by atoms with van der Waals surface area (Å²) in [6.45, 7) is 13.1. The molecule has 3 rings (SSSR count). The monoisotopic (exact) mass is 1160 g/mol. The van der Waals surface area contributed by atoms with Crippen LogP contribution < -0.4 is 21.7 Å². The predicted octanol–water partition coefficient (Wildman–Crippen LogP) is 1.63. The average molecular weight is 1160 g/mol. The number of nitrogens with two attached hydrogens (primary N) is 1. The molecule has 2 aliphatic heterocycles. The maximum Gasteiger partial charge on any atom is 0.345 e. The van der Waals surface area contributed by atoms with Crippen LogP contribution in [0.5, 0.6) is 0 Å². The van der Waals surface area contributed by atoms with Gasteiger partial charge in [0.05, 0.1) is 12.6 Å². The third kappa shape index (κ3) is 18.9. The lowest BCUT2D eigenvalue weighted by molar-refractivity contribution is -0.173. The molecule has 0 radical (unpaired) electrons. The summed E-state index contributed by atoms with van der Waals surface area (Å²) in [6.07, 6.45) is -0.715.